The summed E-state index contributed by atoms with van der Waals surface area (Å²) < 4.78 is 11.2. The second-order valence-corrected chi connectivity index (χ2v) is 23.9. The number of nitrogens with one attached hydrogen (secondary N) is 1. The van der Waals surface area contributed by atoms with E-state index in [2.05, 4.69) is 31.3 Å². The van der Waals surface area contributed by atoms with Gasteiger partial charge in [0, 0.05) is 0 Å². The topological polar surface area (TPSA) is 189 Å². The maximum Gasteiger partial charge on any atom is 0.249 e. The van der Waals surface area contributed by atoms with Crippen LogP contribution in [-0.2, 0) is 14.3 Å². The van der Waals surface area contributed by atoms with Crippen molar-refractivity contribution in [2.45, 2.75) is 390 Å². The second kappa shape index (κ2) is 55.4. The SMILES string of the molecule is CCCCCCCCCCCCC/C=C\CCCCCCCCC(O)C(=O)NC(COC1OC(CO)C(O)C(O)C1O)C(O)C(O)CCCCCCCCCCCCCCCCCCCCCCCCCCCCCCC. The molecule has 0 aromatic heterocycles. The lowest BCUT2D eigenvalue weighted by Crippen LogP contribution is -2.60. The maximum atomic E-state index is 13.2. The molecule has 0 aromatic carbocycles. The summed E-state index contributed by atoms with van der Waals surface area (Å²) in [4.78, 5) is 13.2. The van der Waals surface area contributed by atoms with E-state index in [1.807, 2.05) is 0 Å². The molecule has 11 heteroatoms. The number of unbranched alkanes of at least 4 members (excludes halogenated alkanes) is 45. The fraction of sp³-hybridized carbons (Fsp3) is 0.955. The van der Waals surface area contributed by atoms with Gasteiger partial charge in [-0.2, -0.15) is 0 Å². The highest BCUT2D eigenvalue weighted by molar-refractivity contribution is 5.80. The first-order valence-corrected chi connectivity index (χ1v) is 33.6. The van der Waals surface area contributed by atoms with E-state index in [1.165, 1.54) is 244 Å². The second-order valence-electron chi connectivity index (χ2n) is 23.9. The van der Waals surface area contributed by atoms with Gasteiger partial charge in [-0.05, 0) is 38.5 Å². The third kappa shape index (κ3) is 43.2. The lowest BCUT2D eigenvalue weighted by Gasteiger charge is -2.40. The van der Waals surface area contributed by atoms with Gasteiger partial charge in [-0.25, -0.2) is 0 Å². The number of rotatable bonds is 59. The number of amides is 1. The average molecular weight is 1100 g/mol. The number of carbonyl (C=O) groups excluding carboxylic acids is 1. The van der Waals surface area contributed by atoms with E-state index in [0.717, 1.165) is 51.4 Å². The molecule has 1 aliphatic heterocycles. The van der Waals surface area contributed by atoms with Crippen LogP contribution in [0, 0.1) is 0 Å². The molecule has 458 valence electrons. The zero-order chi connectivity index (χ0) is 56.1. The minimum atomic E-state index is -1.66. The van der Waals surface area contributed by atoms with Crippen LogP contribution in [-0.4, -0.2) is 110 Å². The summed E-state index contributed by atoms with van der Waals surface area (Å²) in [6, 6.07) is -1.17. The summed E-state index contributed by atoms with van der Waals surface area (Å²) in [5.41, 5.74) is 0. The Balaban J connectivity index is 2.22. The summed E-state index contributed by atoms with van der Waals surface area (Å²) in [5.74, 6) is -0.695. The Bertz CT molecular complexity index is 1260. The fourth-order valence-corrected chi connectivity index (χ4v) is 11.1. The van der Waals surface area contributed by atoms with E-state index in [4.69, 9.17) is 9.47 Å². The third-order valence-electron chi connectivity index (χ3n) is 16.6. The van der Waals surface area contributed by atoms with Gasteiger partial charge in [0.15, 0.2) is 6.29 Å². The Labute approximate surface area is 474 Å². The highest BCUT2D eigenvalue weighted by Crippen LogP contribution is 2.24. The number of carbonyl (C=O) groups is 1. The van der Waals surface area contributed by atoms with Crippen molar-refractivity contribution in [3.63, 3.8) is 0 Å². The minimum absolute atomic E-state index is 0.256. The number of aliphatic hydroxyl groups is 7. The normalized spacial score (nSPS) is 19.5. The van der Waals surface area contributed by atoms with Crippen LogP contribution < -0.4 is 5.32 Å². The molecule has 9 atom stereocenters. The Morgan fingerprint density at radius 2 is 0.753 bits per heavy atom. The largest absolute Gasteiger partial charge is 0.394 e. The highest BCUT2D eigenvalue weighted by Gasteiger charge is 2.44. The van der Waals surface area contributed by atoms with Crippen molar-refractivity contribution in [2.75, 3.05) is 13.2 Å². The van der Waals surface area contributed by atoms with Gasteiger partial charge in [0.2, 0.25) is 5.91 Å². The zero-order valence-corrected chi connectivity index (χ0v) is 50.5. The highest BCUT2D eigenvalue weighted by atomic mass is 16.7. The van der Waals surface area contributed by atoms with Crippen LogP contribution in [0.25, 0.3) is 0 Å². The van der Waals surface area contributed by atoms with Crippen LogP contribution in [0.15, 0.2) is 12.2 Å². The summed E-state index contributed by atoms with van der Waals surface area (Å²) in [6.07, 6.45) is 55.7. The van der Waals surface area contributed by atoms with Gasteiger partial charge < -0.3 is 50.5 Å². The molecule has 0 spiro atoms. The summed E-state index contributed by atoms with van der Waals surface area (Å²) in [7, 11) is 0. The molecule has 0 aromatic rings. The van der Waals surface area contributed by atoms with Gasteiger partial charge in [-0.15, -0.1) is 0 Å². The predicted octanol–water partition coefficient (Wildman–Crippen LogP) is 15.5. The molecule has 1 aliphatic rings. The van der Waals surface area contributed by atoms with E-state index < -0.39 is 74.2 Å². The average Bonchev–Trinajstić information content (AvgIpc) is 3.43. The number of hydrogen-bond donors (Lipinski definition) is 8. The van der Waals surface area contributed by atoms with Gasteiger partial charge in [0.25, 0.3) is 0 Å². The molecule has 0 bridgehead atoms. The van der Waals surface area contributed by atoms with Crippen LogP contribution in [0.5, 0.6) is 0 Å². The van der Waals surface area contributed by atoms with Crippen LogP contribution in [0.4, 0.5) is 0 Å². The first kappa shape index (κ1) is 73.9. The fourth-order valence-electron chi connectivity index (χ4n) is 11.1. The van der Waals surface area contributed by atoms with Crippen molar-refractivity contribution in [3.8, 4) is 0 Å². The lowest BCUT2D eigenvalue weighted by atomic mass is 9.98. The smallest absolute Gasteiger partial charge is 0.249 e. The molecule has 11 nitrogen and oxygen atoms in total. The monoisotopic (exact) mass is 1100 g/mol. The van der Waals surface area contributed by atoms with Gasteiger partial charge in [0.05, 0.1) is 25.4 Å². The molecule has 0 radical (unpaired) electrons. The van der Waals surface area contributed by atoms with Crippen molar-refractivity contribution < 1.29 is 50.0 Å². The van der Waals surface area contributed by atoms with Gasteiger partial charge in [-0.3, -0.25) is 4.79 Å². The van der Waals surface area contributed by atoms with Gasteiger partial charge in [0.1, 0.15) is 36.6 Å². The molecule has 1 amide bonds. The van der Waals surface area contributed by atoms with Gasteiger partial charge in [-0.1, -0.05) is 309 Å². The summed E-state index contributed by atoms with van der Waals surface area (Å²) in [6.45, 7) is 3.51. The van der Waals surface area contributed by atoms with E-state index in [1.54, 1.807) is 0 Å². The predicted molar refractivity (Wildman–Crippen MR) is 321 cm³/mol. The molecule has 1 saturated heterocycles. The molecule has 1 fully saturated rings. The number of ether oxygens (including phenoxy) is 2. The number of hydrogen-bond acceptors (Lipinski definition) is 10. The Hall–Kier alpha value is -1.15. The van der Waals surface area contributed by atoms with Crippen LogP contribution >= 0.6 is 0 Å². The van der Waals surface area contributed by atoms with E-state index in [-0.39, 0.29) is 6.42 Å². The molecular weight excluding hydrogens is 967 g/mol. The molecule has 1 heterocycles. The molecular formula is C66H129NO10. The molecule has 9 unspecified atom stereocenters. The molecule has 8 N–H and O–H groups in total. The van der Waals surface area contributed by atoms with Crippen molar-refractivity contribution >= 4 is 5.91 Å². The molecule has 0 saturated carbocycles. The Kier molecular flexibility index (Phi) is 53.1. The maximum absolute atomic E-state index is 13.2. The van der Waals surface area contributed by atoms with Crippen LogP contribution in [0.3, 0.4) is 0 Å². The Morgan fingerprint density at radius 1 is 0.442 bits per heavy atom. The van der Waals surface area contributed by atoms with Gasteiger partial charge >= 0.3 is 0 Å². The first-order chi connectivity index (χ1) is 37.7. The Morgan fingerprint density at radius 3 is 1.09 bits per heavy atom. The van der Waals surface area contributed by atoms with E-state index >= 15 is 0 Å². The van der Waals surface area contributed by atoms with Crippen molar-refractivity contribution in [1.82, 2.24) is 5.32 Å². The molecule has 77 heavy (non-hydrogen) atoms. The third-order valence-corrected chi connectivity index (χ3v) is 16.6. The summed E-state index contributed by atoms with van der Waals surface area (Å²) >= 11 is 0. The first-order valence-electron chi connectivity index (χ1n) is 33.6. The minimum Gasteiger partial charge on any atom is -0.394 e. The van der Waals surface area contributed by atoms with E-state index in [0.29, 0.717) is 19.3 Å². The molecule has 0 aliphatic carbocycles. The zero-order valence-electron chi connectivity index (χ0n) is 50.5. The van der Waals surface area contributed by atoms with Crippen molar-refractivity contribution in [1.29, 1.82) is 0 Å². The van der Waals surface area contributed by atoms with Crippen molar-refractivity contribution in [2.24, 2.45) is 0 Å². The summed E-state index contributed by atoms with van der Waals surface area (Å²) in [5, 5.41) is 76.4. The van der Waals surface area contributed by atoms with E-state index in [9.17, 15) is 40.5 Å². The number of allylic oxidation sites excluding steroid dienone is 2. The van der Waals surface area contributed by atoms with Crippen LogP contribution in [0.1, 0.15) is 335 Å². The standard InChI is InChI=1S/C66H129NO10/c1-3-5-7-9-11-13-15-17-19-21-23-25-26-27-28-29-30-31-32-34-35-37-39-41-43-45-47-49-51-53-58(69)61(71)57(56-76-66-64(74)63(73)62(72)60(55-68)77-66)67-65(75)59(70)54-52-50-48-46-44-42-40-38-36-33-24-22-20-18-16-14-12-10-8-6-4-2/h36,38,57-64,66,68-74H,3-35,37,39-56H2,1-2H3,(H,67,75)/b38-36-. The lowest BCUT2D eigenvalue weighted by molar-refractivity contribution is -0.303. The number of aliphatic hydroxyl groups excluding tert-OH is 7. The molecule has 1 rings (SSSR count). The van der Waals surface area contributed by atoms with Crippen LogP contribution in [0.2, 0.25) is 0 Å². The van der Waals surface area contributed by atoms with Crippen molar-refractivity contribution in [3.05, 3.63) is 12.2 Å². The quantitative estimate of drug-likeness (QED) is 0.0215.